The zero-order chi connectivity index (χ0) is 19.2. The minimum atomic E-state index is 0.0480. The van der Waals surface area contributed by atoms with E-state index in [4.69, 9.17) is 16.9 Å². The summed E-state index contributed by atoms with van der Waals surface area (Å²) in [6.45, 7) is 3.68. The van der Waals surface area contributed by atoms with Crippen molar-refractivity contribution in [1.82, 2.24) is 19.9 Å². The number of carbonyl (C=O) groups is 1. The highest BCUT2D eigenvalue weighted by Gasteiger charge is 2.26. The number of rotatable bonds is 4. The second-order valence-corrected chi connectivity index (χ2v) is 7.01. The first-order chi connectivity index (χ1) is 13.1. The molecular formula is C19H21ClN6O. The normalized spacial score (nSPS) is 17.1. The van der Waals surface area contributed by atoms with E-state index in [0.29, 0.717) is 22.9 Å². The first-order valence-corrected chi connectivity index (χ1v) is 9.28. The van der Waals surface area contributed by atoms with Gasteiger partial charge in [-0.15, -0.1) is 0 Å². The topological polar surface area (TPSA) is 86.0 Å². The van der Waals surface area contributed by atoms with Crippen molar-refractivity contribution < 1.29 is 4.79 Å². The Bertz CT molecular complexity index is 838. The summed E-state index contributed by atoms with van der Waals surface area (Å²) in [5.74, 6) is 0.744. The third-order valence-electron chi connectivity index (χ3n) is 4.76. The van der Waals surface area contributed by atoms with Crippen LogP contribution in [0.2, 0.25) is 5.02 Å². The van der Waals surface area contributed by atoms with E-state index < -0.39 is 0 Å². The molecule has 0 aliphatic carbocycles. The number of pyridine rings is 1. The van der Waals surface area contributed by atoms with Gasteiger partial charge >= 0.3 is 0 Å². The van der Waals surface area contributed by atoms with Crippen LogP contribution in [-0.2, 0) is 11.3 Å². The van der Waals surface area contributed by atoms with Crippen molar-refractivity contribution in [2.24, 2.45) is 0 Å². The molecule has 1 fully saturated rings. The lowest BCUT2D eigenvalue weighted by Gasteiger charge is -2.30. The molecule has 3 rings (SSSR count). The van der Waals surface area contributed by atoms with Crippen LogP contribution in [0, 0.1) is 11.3 Å². The summed E-state index contributed by atoms with van der Waals surface area (Å²) in [7, 11) is 0. The van der Waals surface area contributed by atoms with E-state index in [1.54, 1.807) is 31.6 Å². The molecule has 7 nitrogen and oxygen atoms in total. The average Bonchev–Trinajstić information content (AvgIpc) is 2.92. The number of aromatic nitrogens is 3. The largest absolute Gasteiger partial charge is 0.355 e. The van der Waals surface area contributed by atoms with Crippen LogP contribution >= 0.6 is 11.6 Å². The van der Waals surface area contributed by atoms with E-state index in [1.807, 2.05) is 11.0 Å². The monoisotopic (exact) mass is 384 g/mol. The quantitative estimate of drug-likeness (QED) is 0.805. The molecule has 0 unspecified atom stereocenters. The van der Waals surface area contributed by atoms with E-state index in [1.165, 1.54) is 6.33 Å². The van der Waals surface area contributed by atoms with E-state index in [0.717, 1.165) is 37.9 Å². The highest BCUT2D eigenvalue weighted by molar-refractivity contribution is 6.33. The van der Waals surface area contributed by atoms with Crippen LogP contribution < -0.4 is 4.90 Å². The van der Waals surface area contributed by atoms with Gasteiger partial charge in [0.25, 0.3) is 0 Å². The molecule has 1 aliphatic rings. The molecule has 27 heavy (non-hydrogen) atoms. The maximum absolute atomic E-state index is 12.2. The summed E-state index contributed by atoms with van der Waals surface area (Å²) in [6, 6.07) is 3.83. The minimum Gasteiger partial charge on any atom is -0.355 e. The third-order valence-corrected chi connectivity index (χ3v) is 5.04. The van der Waals surface area contributed by atoms with Crippen LogP contribution in [0.15, 0.2) is 31.0 Å². The van der Waals surface area contributed by atoms with Crippen LogP contribution in [0.25, 0.3) is 0 Å². The fraction of sp³-hybridized carbons (Fsp3) is 0.421. The number of hydrogen-bond donors (Lipinski definition) is 0. The summed E-state index contributed by atoms with van der Waals surface area (Å²) in [6.07, 6.45) is 9.18. The second kappa shape index (κ2) is 8.78. The van der Waals surface area contributed by atoms with Gasteiger partial charge in [-0.25, -0.2) is 15.0 Å². The molecule has 1 amide bonds. The van der Waals surface area contributed by atoms with Crippen molar-refractivity contribution >= 4 is 23.3 Å². The Morgan fingerprint density at radius 2 is 2.11 bits per heavy atom. The average molecular weight is 385 g/mol. The fourth-order valence-corrected chi connectivity index (χ4v) is 3.72. The van der Waals surface area contributed by atoms with Crippen molar-refractivity contribution in [1.29, 1.82) is 5.26 Å². The summed E-state index contributed by atoms with van der Waals surface area (Å²) in [5, 5.41) is 9.45. The van der Waals surface area contributed by atoms with E-state index in [9.17, 15) is 4.79 Å². The SMILES string of the molecule is CC(=O)N(Cc1cncnc1)[C@H]1CCCN(c2ncc(C#N)cc2Cl)CC1. The van der Waals surface area contributed by atoms with Crippen molar-refractivity contribution in [2.75, 3.05) is 18.0 Å². The summed E-state index contributed by atoms with van der Waals surface area (Å²) < 4.78 is 0. The molecule has 3 heterocycles. The molecule has 0 radical (unpaired) electrons. The van der Waals surface area contributed by atoms with Crippen molar-refractivity contribution in [3.63, 3.8) is 0 Å². The predicted molar refractivity (Wildman–Crippen MR) is 102 cm³/mol. The number of nitriles is 1. The maximum Gasteiger partial charge on any atom is 0.219 e. The standard InChI is InChI=1S/C19H21ClN6O/c1-14(27)26(12-16-9-22-13-23-10-16)17-3-2-5-25(6-4-17)19-18(20)7-15(8-21)11-24-19/h7,9-11,13,17H,2-6,12H2,1H3/t17-/m0/s1. The van der Waals surface area contributed by atoms with Crippen LogP contribution in [0.4, 0.5) is 5.82 Å². The highest BCUT2D eigenvalue weighted by atomic mass is 35.5. The van der Waals surface area contributed by atoms with Gasteiger partial charge in [0.1, 0.15) is 18.2 Å². The summed E-state index contributed by atoms with van der Waals surface area (Å²) in [5.41, 5.74) is 1.37. The van der Waals surface area contributed by atoms with E-state index in [2.05, 4.69) is 19.9 Å². The van der Waals surface area contributed by atoms with Crippen LogP contribution in [0.5, 0.6) is 0 Å². The minimum absolute atomic E-state index is 0.0480. The Labute approximate surface area is 163 Å². The number of halogens is 1. The zero-order valence-corrected chi connectivity index (χ0v) is 15.9. The van der Waals surface area contributed by atoms with Gasteiger partial charge in [0.15, 0.2) is 0 Å². The van der Waals surface area contributed by atoms with Gasteiger partial charge in [-0.2, -0.15) is 5.26 Å². The molecule has 2 aromatic heterocycles. The maximum atomic E-state index is 12.2. The summed E-state index contributed by atoms with van der Waals surface area (Å²) in [4.78, 5) is 28.7. The molecule has 0 saturated carbocycles. The van der Waals surface area contributed by atoms with Crippen LogP contribution in [0.3, 0.4) is 0 Å². The molecule has 0 bridgehead atoms. The number of nitrogens with zero attached hydrogens (tertiary/aromatic N) is 6. The summed E-state index contributed by atoms with van der Waals surface area (Å²) >= 11 is 6.32. The molecule has 1 atom stereocenters. The first kappa shape index (κ1) is 19.1. The zero-order valence-electron chi connectivity index (χ0n) is 15.2. The lowest BCUT2D eigenvalue weighted by molar-refractivity contribution is -0.132. The molecule has 8 heteroatoms. The van der Waals surface area contributed by atoms with Crippen molar-refractivity contribution in [3.05, 3.63) is 47.1 Å². The van der Waals surface area contributed by atoms with Gasteiger partial charge in [-0.1, -0.05) is 11.6 Å². The van der Waals surface area contributed by atoms with Crippen molar-refractivity contribution in [3.8, 4) is 6.07 Å². The van der Waals surface area contributed by atoms with Gasteiger partial charge in [-0.3, -0.25) is 4.79 Å². The molecule has 1 aliphatic heterocycles. The van der Waals surface area contributed by atoms with E-state index in [-0.39, 0.29) is 11.9 Å². The first-order valence-electron chi connectivity index (χ1n) is 8.90. The molecule has 1 saturated heterocycles. The third kappa shape index (κ3) is 4.72. The fourth-order valence-electron chi connectivity index (χ4n) is 3.43. The Morgan fingerprint density at radius 3 is 2.78 bits per heavy atom. The highest BCUT2D eigenvalue weighted by Crippen LogP contribution is 2.28. The Hall–Kier alpha value is -2.72. The molecule has 2 aromatic rings. The van der Waals surface area contributed by atoms with Gasteiger partial charge in [0.2, 0.25) is 5.91 Å². The molecule has 0 N–H and O–H groups in total. The van der Waals surface area contributed by atoms with E-state index >= 15 is 0 Å². The smallest absolute Gasteiger partial charge is 0.219 e. The number of anilines is 1. The molecule has 0 spiro atoms. The number of hydrogen-bond acceptors (Lipinski definition) is 6. The van der Waals surface area contributed by atoms with Crippen molar-refractivity contribution in [2.45, 2.75) is 38.8 Å². The number of carbonyl (C=O) groups excluding carboxylic acids is 1. The van der Waals surface area contributed by atoms with Gasteiger partial charge in [0.05, 0.1) is 10.6 Å². The Morgan fingerprint density at radius 1 is 1.33 bits per heavy atom. The lowest BCUT2D eigenvalue weighted by Crippen LogP contribution is -2.39. The van der Waals surface area contributed by atoms with Gasteiger partial charge in [-0.05, 0) is 25.3 Å². The number of amides is 1. The Kier molecular flexibility index (Phi) is 6.20. The van der Waals surface area contributed by atoms with Crippen LogP contribution in [-0.4, -0.2) is 44.9 Å². The lowest BCUT2D eigenvalue weighted by atomic mass is 10.1. The predicted octanol–water partition coefficient (Wildman–Crippen LogP) is 2.80. The molecular weight excluding hydrogens is 364 g/mol. The van der Waals surface area contributed by atoms with Crippen LogP contribution in [0.1, 0.15) is 37.3 Å². The van der Waals surface area contributed by atoms with Gasteiger partial charge < -0.3 is 9.80 Å². The molecule has 0 aromatic carbocycles. The molecule has 140 valence electrons. The second-order valence-electron chi connectivity index (χ2n) is 6.61. The van der Waals surface area contributed by atoms with Gasteiger partial charge in [0, 0.05) is 56.8 Å². The Balaban J connectivity index is 1.71.